The van der Waals surface area contributed by atoms with Crippen LogP contribution in [0.2, 0.25) is 0 Å². The first-order valence-corrected chi connectivity index (χ1v) is 5.84. The second-order valence-electron chi connectivity index (χ2n) is 5.78. The number of aliphatic hydroxyl groups is 1. The number of fused-ring (bicyclic) bond motifs is 1. The van der Waals surface area contributed by atoms with Gasteiger partial charge in [0.25, 0.3) is 0 Å². The van der Waals surface area contributed by atoms with Crippen molar-refractivity contribution in [2.24, 2.45) is 17.3 Å². The third-order valence-electron chi connectivity index (χ3n) is 4.31. The van der Waals surface area contributed by atoms with Crippen molar-refractivity contribution < 1.29 is 15.0 Å². The van der Waals surface area contributed by atoms with Crippen LogP contribution in [0.25, 0.3) is 0 Å². The molecule has 2 aliphatic carbocycles. The van der Waals surface area contributed by atoms with Crippen molar-refractivity contribution in [2.45, 2.75) is 51.6 Å². The Morgan fingerprint density at radius 3 is 2.40 bits per heavy atom. The molecule has 0 spiro atoms. The van der Waals surface area contributed by atoms with E-state index in [1.54, 1.807) is 6.92 Å². The van der Waals surface area contributed by atoms with Crippen LogP contribution >= 0.6 is 0 Å². The summed E-state index contributed by atoms with van der Waals surface area (Å²) in [6, 6.07) is 0. The highest BCUT2D eigenvalue weighted by Gasteiger charge is 2.58. The Labute approximate surface area is 90.5 Å². The van der Waals surface area contributed by atoms with Crippen molar-refractivity contribution in [1.82, 2.24) is 0 Å². The quantitative estimate of drug-likeness (QED) is 0.749. The van der Waals surface area contributed by atoms with E-state index in [0.717, 1.165) is 12.8 Å². The first-order valence-electron chi connectivity index (χ1n) is 5.84. The largest absolute Gasteiger partial charge is 0.481 e. The average Bonchev–Trinajstić information content (AvgIpc) is 2.74. The molecular weight excluding hydrogens is 192 g/mol. The molecule has 3 nitrogen and oxygen atoms in total. The van der Waals surface area contributed by atoms with E-state index >= 15 is 0 Å². The summed E-state index contributed by atoms with van der Waals surface area (Å²) in [5, 5.41) is 19.4. The van der Waals surface area contributed by atoms with Crippen molar-refractivity contribution in [2.75, 3.05) is 0 Å². The summed E-state index contributed by atoms with van der Waals surface area (Å²) in [7, 11) is 0. The molecule has 0 bridgehead atoms. The third kappa shape index (κ3) is 1.89. The van der Waals surface area contributed by atoms with Gasteiger partial charge in [0.2, 0.25) is 0 Å². The van der Waals surface area contributed by atoms with Crippen LogP contribution in [-0.4, -0.2) is 21.8 Å². The lowest BCUT2D eigenvalue weighted by Gasteiger charge is -2.33. The molecule has 0 heterocycles. The molecule has 3 atom stereocenters. The lowest BCUT2D eigenvalue weighted by molar-refractivity contribution is -0.153. The van der Waals surface area contributed by atoms with E-state index in [1.807, 2.05) is 6.92 Å². The van der Waals surface area contributed by atoms with Crippen molar-refractivity contribution in [1.29, 1.82) is 0 Å². The smallest absolute Gasteiger partial charge is 0.309 e. The summed E-state index contributed by atoms with van der Waals surface area (Å²) in [5.74, 6) is 0.561. The highest BCUT2D eigenvalue weighted by molar-refractivity contribution is 5.75. The van der Waals surface area contributed by atoms with Gasteiger partial charge in [0.15, 0.2) is 0 Å². The maximum absolute atomic E-state index is 11.4. The van der Waals surface area contributed by atoms with Gasteiger partial charge in [-0.05, 0) is 50.9 Å². The Hall–Kier alpha value is -0.570. The standard InChI is InChI=1S/C12H20O3/c1-3-11(2,15)7-12(10(13)14)5-8-4-9(8)6-12/h8-9,15H,3-7H2,1-2H3,(H,13,14). The fourth-order valence-electron chi connectivity index (χ4n) is 3.15. The van der Waals surface area contributed by atoms with Gasteiger partial charge >= 0.3 is 5.97 Å². The van der Waals surface area contributed by atoms with E-state index in [1.165, 1.54) is 6.42 Å². The zero-order chi connectivity index (χ0) is 11.3. The molecule has 0 aromatic heterocycles. The molecule has 15 heavy (non-hydrogen) atoms. The topological polar surface area (TPSA) is 57.5 Å². The van der Waals surface area contributed by atoms with Gasteiger partial charge in [-0.1, -0.05) is 6.92 Å². The Balaban J connectivity index is 2.11. The summed E-state index contributed by atoms with van der Waals surface area (Å²) in [4.78, 5) is 11.4. The number of aliphatic carboxylic acids is 1. The van der Waals surface area contributed by atoms with Crippen LogP contribution in [0.15, 0.2) is 0 Å². The fraction of sp³-hybridized carbons (Fsp3) is 0.917. The van der Waals surface area contributed by atoms with E-state index in [0.29, 0.717) is 24.7 Å². The van der Waals surface area contributed by atoms with Gasteiger partial charge in [0.05, 0.1) is 11.0 Å². The molecule has 0 aliphatic heterocycles. The number of carboxylic acids is 1. The van der Waals surface area contributed by atoms with Crippen molar-refractivity contribution in [3.05, 3.63) is 0 Å². The molecule has 0 aromatic carbocycles. The molecule has 0 amide bonds. The van der Waals surface area contributed by atoms with Gasteiger partial charge in [0, 0.05) is 0 Å². The maximum atomic E-state index is 11.4. The highest BCUT2D eigenvalue weighted by Crippen LogP contribution is 2.62. The van der Waals surface area contributed by atoms with E-state index in [-0.39, 0.29) is 0 Å². The third-order valence-corrected chi connectivity index (χ3v) is 4.31. The maximum Gasteiger partial charge on any atom is 0.309 e. The molecule has 2 N–H and O–H groups in total. The first kappa shape index (κ1) is 10.9. The van der Waals surface area contributed by atoms with Crippen LogP contribution in [0, 0.1) is 17.3 Å². The second-order valence-corrected chi connectivity index (χ2v) is 5.78. The molecule has 3 unspecified atom stereocenters. The van der Waals surface area contributed by atoms with Gasteiger partial charge in [-0.2, -0.15) is 0 Å². The Bertz CT molecular complexity index is 273. The number of hydrogen-bond donors (Lipinski definition) is 2. The van der Waals surface area contributed by atoms with Crippen LogP contribution in [0.3, 0.4) is 0 Å². The number of carbonyl (C=O) groups is 1. The average molecular weight is 212 g/mol. The Kier molecular flexibility index (Phi) is 2.34. The zero-order valence-electron chi connectivity index (χ0n) is 9.49. The normalized spacial score (nSPS) is 42.1. The van der Waals surface area contributed by atoms with E-state index in [2.05, 4.69) is 0 Å². The van der Waals surface area contributed by atoms with Crippen LogP contribution in [0.1, 0.15) is 46.0 Å². The molecule has 2 rings (SSSR count). The number of hydrogen-bond acceptors (Lipinski definition) is 2. The SMILES string of the molecule is CCC(C)(O)CC1(C(=O)O)CC2CC2C1. The summed E-state index contributed by atoms with van der Waals surface area (Å²) in [5.41, 5.74) is -1.46. The molecule has 3 heteroatoms. The van der Waals surface area contributed by atoms with E-state index in [9.17, 15) is 15.0 Å². The van der Waals surface area contributed by atoms with Crippen molar-refractivity contribution in [3.63, 3.8) is 0 Å². The second kappa shape index (κ2) is 3.21. The molecule has 2 fully saturated rings. The van der Waals surface area contributed by atoms with E-state index < -0.39 is 17.0 Å². The Morgan fingerprint density at radius 2 is 2.00 bits per heavy atom. The van der Waals surface area contributed by atoms with Gasteiger partial charge < -0.3 is 10.2 Å². The van der Waals surface area contributed by atoms with Gasteiger partial charge in [-0.3, -0.25) is 4.79 Å². The van der Waals surface area contributed by atoms with Gasteiger partial charge in [0.1, 0.15) is 0 Å². The molecular formula is C12H20O3. The summed E-state index contributed by atoms with van der Waals surface area (Å²) < 4.78 is 0. The highest BCUT2D eigenvalue weighted by atomic mass is 16.4. The monoisotopic (exact) mass is 212 g/mol. The van der Waals surface area contributed by atoms with Crippen LogP contribution in [-0.2, 0) is 4.79 Å². The molecule has 2 saturated carbocycles. The number of carboxylic acid groups (broad SMARTS) is 1. The molecule has 2 aliphatic rings. The van der Waals surface area contributed by atoms with E-state index in [4.69, 9.17) is 0 Å². The molecule has 0 aromatic rings. The summed E-state index contributed by atoms with van der Waals surface area (Å²) in [6.07, 6.45) is 3.81. The van der Waals surface area contributed by atoms with Crippen LogP contribution in [0.4, 0.5) is 0 Å². The van der Waals surface area contributed by atoms with Crippen LogP contribution < -0.4 is 0 Å². The predicted octanol–water partition coefficient (Wildman–Crippen LogP) is 2.04. The van der Waals surface area contributed by atoms with Crippen molar-refractivity contribution in [3.8, 4) is 0 Å². The minimum Gasteiger partial charge on any atom is -0.481 e. The van der Waals surface area contributed by atoms with Gasteiger partial charge in [-0.25, -0.2) is 0 Å². The van der Waals surface area contributed by atoms with Crippen molar-refractivity contribution >= 4 is 5.97 Å². The van der Waals surface area contributed by atoms with Gasteiger partial charge in [-0.15, -0.1) is 0 Å². The Morgan fingerprint density at radius 1 is 1.47 bits per heavy atom. The molecule has 86 valence electrons. The van der Waals surface area contributed by atoms with Crippen LogP contribution in [0.5, 0.6) is 0 Å². The first-order chi connectivity index (χ1) is 6.88. The minimum absolute atomic E-state index is 0.416. The molecule has 0 saturated heterocycles. The predicted molar refractivity (Wildman–Crippen MR) is 56.4 cm³/mol. The minimum atomic E-state index is -0.824. The molecule has 0 radical (unpaired) electrons. The summed E-state index contributed by atoms with van der Waals surface area (Å²) in [6.45, 7) is 3.66. The summed E-state index contributed by atoms with van der Waals surface area (Å²) >= 11 is 0. The number of rotatable bonds is 4. The lowest BCUT2D eigenvalue weighted by Crippen LogP contribution is -2.39. The fourth-order valence-corrected chi connectivity index (χ4v) is 3.15. The zero-order valence-corrected chi connectivity index (χ0v) is 9.49. The lowest BCUT2D eigenvalue weighted by atomic mass is 9.73.